The van der Waals surface area contributed by atoms with E-state index in [1.54, 1.807) is 0 Å². The second kappa shape index (κ2) is 3.43. The molecule has 0 aliphatic rings. The first-order valence-corrected chi connectivity index (χ1v) is 4.72. The molecule has 1 heterocycles. The summed E-state index contributed by atoms with van der Waals surface area (Å²) < 4.78 is 0.0486. The molecule has 1 aromatic rings. The molecule has 1 rings (SSSR count). The van der Waals surface area contributed by atoms with Gasteiger partial charge in [-0.3, -0.25) is 10.1 Å². The van der Waals surface area contributed by atoms with Crippen molar-refractivity contribution in [1.82, 2.24) is 0 Å². The average molecular weight is 266 g/mol. The quantitative estimate of drug-likeness (QED) is 0.658. The minimum Gasteiger partial charge on any atom is -0.477 e. The number of carboxylic acid groups (broad SMARTS) is 1. The van der Waals surface area contributed by atoms with Gasteiger partial charge in [0, 0.05) is 0 Å². The van der Waals surface area contributed by atoms with Crippen LogP contribution < -0.4 is 0 Å². The standard InChI is InChI=1S/C6H4BrNO4S/c1-2-4(8(11)12)3(7)5(13-2)6(9)10/h1H3,(H,9,10). The van der Waals surface area contributed by atoms with Crippen LogP contribution in [0.1, 0.15) is 14.5 Å². The lowest BCUT2D eigenvalue weighted by Gasteiger charge is -1.88. The molecule has 0 atom stereocenters. The summed E-state index contributed by atoms with van der Waals surface area (Å²) in [6, 6.07) is 0. The third-order valence-electron chi connectivity index (χ3n) is 1.37. The van der Waals surface area contributed by atoms with E-state index >= 15 is 0 Å². The third kappa shape index (κ3) is 1.70. The Kier molecular flexibility index (Phi) is 2.67. The van der Waals surface area contributed by atoms with Crippen LogP contribution in [-0.4, -0.2) is 16.0 Å². The second-order valence-corrected chi connectivity index (χ2v) is 4.23. The van der Waals surface area contributed by atoms with E-state index in [0.717, 1.165) is 11.3 Å². The molecule has 0 radical (unpaired) electrons. The van der Waals surface area contributed by atoms with Crippen molar-refractivity contribution < 1.29 is 14.8 Å². The summed E-state index contributed by atoms with van der Waals surface area (Å²) in [7, 11) is 0. The van der Waals surface area contributed by atoms with E-state index in [2.05, 4.69) is 15.9 Å². The molecular weight excluding hydrogens is 262 g/mol. The zero-order valence-electron chi connectivity index (χ0n) is 6.41. The zero-order chi connectivity index (χ0) is 10.2. The highest BCUT2D eigenvalue weighted by Gasteiger charge is 2.26. The Labute approximate surface area is 85.3 Å². The summed E-state index contributed by atoms with van der Waals surface area (Å²) in [4.78, 5) is 20.8. The van der Waals surface area contributed by atoms with Crippen LogP contribution in [0, 0.1) is 17.0 Å². The Morgan fingerprint density at radius 3 is 2.46 bits per heavy atom. The summed E-state index contributed by atoms with van der Waals surface area (Å²) in [6.07, 6.45) is 0. The Hall–Kier alpha value is -0.950. The highest BCUT2D eigenvalue weighted by Crippen LogP contribution is 2.38. The van der Waals surface area contributed by atoms with Gasteiger partial charge in [-0.15, -0.1) is 11.3 Å². The van der Waals surface area contributed by atoms with Gasteiger partial charge in [0.2, 0.25) is 0 Å². The molecule has 70 valence electrons. The van der Waals surface area contributed by atoms with Gasteiger partial charge in [0.1, 0.15) is 9.35 Å². The molecule has 7 heteroatoms. The second-order valence-electron chi connectivity index (χ2n) is 2.21. The first-order valence-electron chi connectivity index (χ1n) is 3.11. The van der Waals surface area contributed by atoms with Crippen LogP contribution in [-0.2, 0) is 0 Å². The predicted octanol–water partition coefficient (Wildman–Crippen LogP) is 2.43. The van der Waals surface area contributed by atoms with Gasteiger partial charge in [0.05, 0.1) is 9.80 Å². The maximum atomic E-state index is 10.6. The van der Waals surface area contributed by atoms with Gasteiger partial charge in [-0.05, 0) is 22.9 Å². The number of nitrogens with zero attached hydrogens (tertiary/aromatic N) is 1. The number of carbonyl (C=O) groups is 1. The number of carboxylic acids is 1. The highest BCUT2D eigenvalue weighted by atomic mass is 79.9. The molecule has 5 nitrogen and oxygen atoms in total. The van der Waals surface area contributed by atoms with Gasteiger partial charge in [0.25, 0.3) is 5.69 Å². The van der Waals surface area contributed by atoms with Gasteiger partial charge >= 0.3 is 5.97 Å². The largest absolute Gasteiger partial charge is 0.477 e. The molecule has 0 aliphatic heterocycles. The molecule has 0 fully saturated rings. The predicted molar refractivity (Wildman–Crippen MR) is 50.4 cm³/mol. The Morgan fingerprint density at radius 2 is 2.23 bits per heavy atom. The molecule has 0 saturated heterocycles. The average Bonchev–Trinajstić information content (AvgIpc) is 2.26. The number of hydrogen-bond donors (Lipinski definition) is 1. The van der Waals surface area contributed by atoms with Crippen LogP contribution in [0.3, 0.4) is 0 Å². The minimum atomic E-state index is -1.16. The van der Waals surface area contributed by atoms with Gasteiger partial charge in [-0.2, -0.15) is 0 Å². The first kappa shape index (κ1) is 10.1. The molecule has 0 bridgehead atoms. The van der Waals surface area contributed by atoms with Gasteiger partial charge in [-0.25, -0.2) is 4.79 Å². The third-order valence-corrected chi connectivity index (χ3v) is 3.49. The molecule has 13 heavy (non-hydrogen) atoms. The van der Waals surface area contributed by atoms with Crippen molar-refractivity contribution in [3.8, 4) is 0 Å². The Balaban J connectivity index is 3.39. The first-order chi connectivity index (χ1) is 5.95. The molecule has 1 N–H and O–H groups in total. The lowest BCUT2D eigenvalue weighted by Crippen LogP contribution is -1.93. The normalized spacial score (nSPS) is 10.0. The zero-order valence-corrected chi connectivity index (χ0v) is 8.81. The van der Waals surface area contributed by atoms with E-state index < -0.39 is 10.9 Å². The molecule has 1 aromatic heterocycles. The van der Waals surface area contributed by atoms with Crippen molar-refractivity contribution in [1.29, 1.82) is 0 Å². The number of hydrogen-bond acceptors (Lipinski definition) is 4. The van der Waals surface area contributed by atoms with Gasteiger partial charge < -0.3 is 5.11 Å². The van der Waals surface area contributed by atoms with Crippen LogP contribution in [0.2, 0.25) is 0 Å². The molecule has 0 amide bonds. The van der Waals surface area contributed by atoms with E-state index in [0.29, 0.717) is 4.88 Å². The summed E-state index contributed by atoms with van der Waals surface area (Å²) in [5, 5.41) is 19.1. The van der Waals surface area contributed by atoms with Crippen molar-refractivity contribution in [2.75, 3.05) is 0 Å². The van der Waals surface area contributed by atoms with Crippen LogP contribution in [0.15, 0.2) is 4.47 Å². The van der Waals surface area contributed by atoms with Crippen molar-refractivity contribution >= 4 is 38.9 Å². The summed E-state index contributed by atoms with van der Waals surface area (Å²) >= 11 is 3.78. The topological polar surface area (TPSA) is 80.4 Å². The van der Waals surface area contributed by atoms with Crippen LogP contribution in [0.5, 0.6) is 0 Å². The number of aromatic carboxylic acids is 1. The smallest absolute Gasteiger partial charge is 0.347 e. The maximum Gasteiger partial charge on any atom is 0.347 e. The number of nitro groups is 1. The molecule has 0 aromatic carbocycles. The SMILES string of the molecule is Cc1sc(C(=O)O)c(Br)c1[N+](=O)[O-]. The van der Waals surface area contributed by atoms with Crippen LogP contribution in [0.25, 0.3) is 0 Å². The summed E-state index contributed by atoms with van der Waals surface area (Å²) in [5.74, 6) is -1.16. The molecule has 0 spiro atoms. The van der Waals surface area contributed by atoms with E-state index in [-0.39, 0.29) is 15.0 Å². The van der Waals surface area contributed by atoms with E-state index in [9.17, 15) is 14.9 Å². The fraction of sp³-hybridized carbons (Fsp3) is 0.167. The lowest BCUT2D eigenvalue weighted by atomic mass is 10.4. The number of thiophene rings is 1. The molecule has 0 saturated carbocycles. The number of aryl methyl sites for hydroxylation is 1. The fourth-order valence-corrected chi connectivity index (χ4v) is 2.69. The molecule has 0 aliphatic carbocycles. The monoisotopic (exact) mass is 265 g/mol. The Morgan fingerprint density at radius 1 is 1.69 bits per heavy atom. The fourth-order valence-electron chi connectivity index (χ4n) is 0.855. The van der Waals surface area contributed by atoms with E-state index in [4.69, 9.17) is 5.11 Å². The number of rotatable bonds is 2. The van der Waals surface area contributed by atoms with Crippen LogP contribution >= 0.6 is 27.3 Å². The van der Waals surface area contributed by atoms with Crippen molar-refractivity contribution in [2.24, 2.45) is 0 Å². The molecular formula is C6H4BrNO4S. The van der Waals surface area contributed by atoms with Crippen molar-refractivity contribution in [3.05, 3.63) is 24.3 Å². The number of halogens is 1. The maximum absolute atomic E-state index is 10.6. The van der Waals surface area contributed by atoms with Crippen molar-refractivity contribution in [3.63, 3.8) is 0 Å². The van der Waals surface area contributed by atoms with Crippen LogP contribution in [0.4, 0.5) is 5.69 Å². The van der Waals surface area contributed by atoms with E-state index in [1.807, 2.05) is 0 Å². The molecule has 0 unspecified atom stereocenters. The van der Waals surface area contributed by atoms with Crippen molar-refractivity contribution in [2.45, 2.75) is 6.92 Å². The summed E-state index contributed by atoms with van der Waals surface area (Å²) in [5.41, 5.74) is -0.164. The van der Waals surface area contributed by atoms with Gasteiger partial charge in [-0.1, -0.05) is 0 Å². The van der Waals surface area contributed by atoms with E-state index in [1.165, 1.54) is 6.92 Å². The van der Waals surface area contributed by atoms with Gasteiger partial charge in [0.15, 0.2) is 0 Å². The Bertz CT molecular complexity index is 386. The summed E-state index contributed by atoms with van der Waals surface area (Å²) in [6.45, 7) is 1.51. The minimum absolute atomic E-state index is 0.0378. The highest BCUT2D eigenvalue weighted by molar-refractivity contribution is 9.10. The lowest BCUT2D eigenvalue weighted by molar-refractivity contribution is -0.385.